The number of anilines is 2. The molecule has 0 aliphatic heterocycles. The highest BCUT2D eigenvalue weighted by atomic mass is 16.4. The molecule has 0 spiro atoms. The summed E-state index contributed by atoms with van der Waals surface area (Å²) in [5, 5.41) is 16.4. The van der Waals surface area contributed by atoms with Gasteiger partial charge in [-0.1, -0.05) is 0 Å². The zero-order valence-electron chi connectivity index (χ0n) is 11.9. The Kier molecular flexibility index (Phi) is 3.12. The fourth-order valence-corrected chi connectivity index (χ4v) is 1.92. The van der Waals surface area contributed by atoms with E-state index in [1.54, 1.807) is 38.5 Å². The topological polar surface area (TPSA) is 92.9 Å². The summed E-state index contributed by atoms with van der Waals surface area (Å²) in [4.78, 5) is 19.9. The number of carboxylic acid groups (broad SMARTS) is 1. The quantitative estimate of drug-likeness (QED) is 0.875. The van der Waals surface area contributed by atoms with E-state index in [0.29, 0.717) is 17.4 Å². The Morgan fingerprint density at radius 2 is 2.24 bits per heavy atom. The monoisotopic (exact) mass is 287 g/mol. The summed E-state index contributed by atoms with van der Waals surface area (Å²) in [5.41, 5.74) is -0.394. The Morgan fingerprint density at radius 3 is 2.90 bits per heavy atom. The van der Waals surface area contributed by atoms with Gasteiger partial charge in [0.15, 0.2) is 5.54 Å². The summed E-state index contributed by atoms with van der Waals surface area (Å²) in [6.07, 6.45) is 7.27. The number of hydrogen-bond acceptors (Lipinski definition) is 5. The Labute approximate surface area is 122 Å². The number of carboxylic acids is 1. The number of hydrogen-bond donors (Lipinski definition) is 2. The molecule has 3 rings (SSSR count). The molecule has 7 nitrogen and oxygen atoms in total. The first-order valence-electron chi connectivity index (χ1n) is 6.85. The molecule has 2 heterocycles. The van der Waals surface area contributed by atoms with Crippen LogP contribution in [0.15, 0.2) is 24.7 Å². The van der Waals surface area contributed by atoms with Crippen LogP contribution in [0.25, 0.3) is 0 Å². The highest BCUT2D eigenvalue weighted by Gasteiger charge is 2.30. The molecule has 2 aromatic heterocycles. The molecule has 21 heavy (non-hydrogen) atoms. The first-order valence-corrected chi connectivity index (χ1v) is 6.85. The molecule has 0 bridgehead atoms. The van der Waals surface area contributed by atoms with Crippen molar-refractivity contribution in [1.82, 2.24) is 19.7 Å². The fraction of sp³-hybridized carbons (Fsp3) is 0.429. The van der Waals surface area contributed by atoms with Crippen LogP contribution in [0.2, 0.25) is 0 Å². The van der Waals surface area contributed by atoms with Gasteiger partial charge in [0.05, 0.1) is 11.9 Å². The number of nitrogens with zero attached hydrogens (tertiary/aromatic N) is 4. The minimum Gasteiger partial charge on any atom is -0.479 e. The molecular formula is C14H17N5O2. The molecule has 0 radical (unpaired) electrons. The van der Waals surface area contributed by atoms with E-state index < -0.39 is 11.5 Å². The second-order valence-corrected chi connectivity index (χ2v) is 5.74. The highest BCUT2D eigenvalue weighted by molar-refractivity contribution is 5.75. The number of nitrogens with one attached hydrogen (secondary N) is 1. The normalized spacial score (nSPS) is 15.0. The zero-order valence-corrected chi connectivity index (χ0v) is 11.9. The predicted octanol–water partition coefficient (Wildman–Crippen LogP) is 2.11. The van der Waals surface area contributed by atoms with Crippen LogP contribution < -0.4 is 5.32 Å². The molecule has 0 saturated heterocycles. The maximum Gasteiger partial charge on any atom is 0.331 e. The summed E-state index contributed by atoms with van der Waals surface area (Å²) in [5.74, 6) is 1.11. The Hall–Kier alpha value is -2.44. The number of carbonyl (C=O) groups is 1. The van der Waals surface area contributed by atoms with Gasteiger partial charge >= 0.3 is 5.97 Å². The fourth-order valence-electron chi connectivity index (χ4n) is 1.92. The number of aromatic nitrogens is 4. The molecule has 2 N–H and O–H groups in total. The third-order valence-electron chi connectivity index (χ3n) is 3.57. The summed E-state index contributed by atoms with van der Waals surface area (Å²) < 4.78 is 1.42. The molecule has 1 fully saturated rings. The van der Waals surface area contributed by atoms with Crippen LogP contribution in [0.5, 0.6) is 0 Å². The van der Waals surface area contributed by atoms with Crippen molar-refractivity contribution >= 4 is 17.5 Å². The number of rotatable bonds is 5. The van der Waals surface area contributed by atoms with Crippen LogP contribution in [0.3, 0.4) is 0 Å². The van der Waals surface area contributed by atoms with Crippen LogP contribution in [-0.4, -0.2) is 30.8 Å². The van der Waals surface area contributed by atoms with Gasteiger partial charge in [0, 0.05) is 18.3 Å². The van der Waals surface area contributed by atoms with Crippen LogP contribution in [0, 0.1) is 0 Å². The molecule has 7 heteroatoms. The average Bonchev–Trinajstić information content (AvgIpc) is 3.19. The SMILES string of the molecule is CC(C)(C(=O)O)n1cc(Nc2ccnc(C3CC3)n2)cn1. The van der Waals surface area contributed by atoms with Crippen LogP contribution in [-0.2, 0) is 10.3 Å². The lowest BCUT2D eigenvalue weighted by molar-refractivity contribution is -0.146. The first kappa shape index (κ1) is 13.5. The molecule has 1 aliphatic carbocycles. The summed E-state index contributed by atoms with van der Waals surface area (Å²) in [6.45, 7) is 3.20. The van der Waals surface area contributed by atoms with Gasteiger partial charge in [0.1, 0.15) is 11.6 Å². The lowest BCUT2D eigenvalue weighted by Gasteiger charge is -2.19. The maximum atomic E-state index is 11.2. The molecule has 0 aromatic carbocycles. The lowest BCUT2D eigenvalue weighted by atomic mass is 10.1. The van der Waals surface area contributed by atoms with Crippen molar-refractivity contribution in [3.05, 3.63) is 30.5 Å². The average molecular weight is 287 g/mol. The third kappa shape index (κ3) is 2.72. The van der Waals surface area contributed by atoms with Gasteiger partial charge in [-0.2, -0.15) is 5.10 Å². The minimum atomic E-state index is -1.09. The van der Waals surface area contributed by atoms with Crippen LogP contribution >= 0.6 is 0 Å². The molecule has 0 unspecified atom stereocenters. The van der Waals surface area contributed by atoms with E-state index in [9.17, 15) is 9.90 Å². The molecule has 0 amide bonds. The molecule has 0 atom stereocenters. The molecule has 2 aromatic rings. The Morgan fingerprint density at radius 1 is 1.48 bits per heavy atom. The van der Waals surface area contributed by atoms with E-state index in [1.807, 2.05) is 0 Å². The molecule has 1 saturated carbocycles. The molecule has 1 aliphatic rings. The predicted molar refractivity (Wildman–Crippen MR) is 76.5 cm³/mol. The lowest BCUT2D eigenvalue weighted by Crippen LogP contribution is -2.35. The maximum absolute atomic E-state index is 11.2. The largest absolute Gasteiger partial charge is 0.479 e. The zero-order chi connectivity index (χ0) is 15.0. The van der Waals surface area contributed by atoms with Crippen molar-refractivity contribution in [3.8, 4) is 0 Å². The van der Waals surface area contributed by atoms with E-state index in [-0.39, 0.29) is 0 Å². The van der Waals surface area contributed by atoms with Crippen LogP contribution in [0.4, 0.5) is 11.5 Å². The summed E-state index contributed by atoms with van der Waals surface area (Å²) in [7, 11) is 0. The van der Waals surface area contributed by atoms with Gasteiger partial charge in [0.2, 0.25) is 0 Å². The van der Waals surface area contributed by atoms with Gasteiger partial charge in [-0.25, -0.2) is 14.8 Å². The van der Waals surface area contributed by atoms with Gasteiger partial charge in [-0.3, -0.25) is 4.68 Å². The Balaban J connectivity index is 1.78. The standard InChI is InChI=1S/C14H17N5O2/c1-14(2,13(20)21)19-8-10(7-16-19)17-11-5-6-15-12(18-11)9-3-4-9/h5-9H,3-4H2,1-2H3,(H,20,21)(H,15,17,18). The second-order valence-electron chi connectivity index (χ2n) is 5.74. The van der Waals surface area contributed by atoms with Crippen molar-refractivity contribution in [2.45, 2.75) is 38.1 Å². The summed E-state index contributed by atoms with van der Waals surface area (Å²) >= 11 is 0. The van der Waals surface area contributed by atoms with Gasteiger partial charge in [-0.05, 0) is 32.8 Å². The van der Waals surface area contributed by atoms with Crippen molar-refractivity contribution in [2.75, 3.05) is 5.32 Å². The van der Waals surface area contributed by atoms with E-state index in [2.05, 4.69) is 20.4 Å². The van der Waals surface area contributed by atoms with Gasteiger partial charge < -0.3 is 10.4 Å². The minimum absolute atomic E-state index is 0.486. The second kappa shape index (κ2) is 4.83. The van der Waals surface area contributed by atoms with Crippen LogP contribution in [0.1, 0.15) is 38.4 Å². The first-order chi connectivity index (χ1) is 9.96. The summed E-state index contributed by atoms with van der Waals surface area (Å²) in [6, 6.07) is 1.78. The van der Waals surface area contributed by atoms with Crippen molar-refractivity contribution in [3.63, 3.8) is 0 Å². The third-order valence-corrected chi connectivity index (χ3v) is 3.57. The van der Waals surface area contributed by atoms with Gasteiger partial charge in [0.25, 0.3) is 0 Å². The number of aliphatic carboxylic acids is 1. The van der Waals surface area contributed by atoms with Gasteiger partial charge in [-0.15, -0.1) is 0 Å². The highest BCUT2D eigenvalue weighted by Crippen LogP contribution is 2.38. The smallest absolute Gasteiger partial charge is 0.331 e. The van der Waals surface area contributed by atoms with E-state index in [0.717, 1.165) is 18.7 Å². The molecular weight excluding hydrogens is 270 g/mol. The molecule has 110 valence electrons. The van der Waals surface area contributed by atoms with E-state index >= 15 is 0 Å². The van der Waals surface area contributed by atoms with E-state index in [4.69, 9.17) is 0 Å². The van der Waals surface area contributed by atoms with Crippen molar-refractivity contribution in [2.24, 2.45) is 0 Å². The van der Waals surface area contributed by atoms with E-state index in [1.165, 1.54) is 4.68 Å². The van der Waals surface area contributed by atoms with Crippen molar-refractivity contribution < 1.29 is 9.90 Å². The van der Waals surface area contributed by atoms with Crippen molar-refractivity contribution in [1.29, 1.82) is 0 Å². The Bertz CT molecular complexity index is 676.